The Morgan fingerprint density at radius 3 is 3.00 bits per heavy atom. The highest BCUT2D eigenvalue weighted by molar-refractivity contribution is 5.80. The molecule has 1 aromatic carbocycles. The van der Waals surface area contributed by atoms with Crippen molar-refractivity contribution in [3.8, 4) is 5.75 Å². The lowest BCUT2D eigenvalue weighted by Gasteiger charge is -2.26. The smallest absolute Gasteiger partial charge is 0.149 e. The predicted octanol–water partition coefficient (Wildman–Crippen LogP) is 3.41. The van der Waals surface area contributed by atoms with E-state index in [1.807, 2.05) is 19.1 Å². The second-order valence-electron chi connectivity index (χ2n) is 4.59. The van der Waals surface area contributed by atoms with Gasteiger partial charge in [0, 0.05) is 11.1 Å². The van der Waals surface area contributed by atoms with E-state index in [0.717, 1.165) is 59.3 Å². The fourth-order valence-electron chi connectivity index (χ4n) is 2.50. The standard InChI is InChI=1S/C15H14O2/c1-10-4-2-5-11-8-12-6-3-7-13(9-16)15(12)17-14(10)11/h2,4-5,8-9H,3,6-7H2,1H3. The van der Waals surface area contributed by atoms with E-state index < -0.39 is 0 Å². The minimum absolute atomic E-state index is 0.799. The Morgan fingerprint density at radius 1 is 1.29 bits per heavy atom. The van der Waals surface area contributed by atoms with Crippen LogP contribution in [0.25, 0.3) is 6.08 Å². The van der Waals surface area contributed by atoms with Crippen molar-refractivity contribution >= 4 is 12.4 Å². The summed E-state index contributed by atoms with van der Waals surface area (Å²) in [6.45, 7) is 2.03. The molecule has 1 heterocycles. The summed E-state index contributed by atoms with van der Waals surface area (Å²) in [5.41, 5.74) is 4.20. The van der Waals surface area contributed by atoms with Crippen molar-refractivity contribution < 1.29 is 9.53 Å². The highest BCUT2D eigenvalue weighted by Gasteiger charge is 2.24. The number of hydrogen-bond acceptors (Lipinski definition) is 2. The third kappa shape index (κ3) is 1.60. The largest absolute Gasteiger partial charge is 0.456 e. The predicted molar refractivity (Wildman–Crippen MR) is 66.7 cm³/mol. The van der Waals surface area contributed by atoms with Crippen LogP contribution >= 0.6 is 0 Å². The SMILES string of the molecule is Cc1cccc2c1OC1=C(C=O)CCCC1=C2. The van der Waals surface area contributed by atoms with E-state index in [1.54, 1.807) is 0 Å². The molecular formula is C15H14O2. The normalized spacial score (nSPS) is 17.8. The van der Waals surface area contributed by atoms with E-state index >= 15 is 0 Å². The fraction of sp³-hybridized carbons (Fsp3) is 0.267. The van der Waals surface area contributed by atoms with Crippen LogP contribution in [-0.2, 0) is 4.79 Å². The van der Waals surface area contributed by atoms with Gasteiger partial charge in [-0.15, -0.1) is 0 Å². The van der Waals surface area contributed by atoms with E-state index in [-0.39, 0.29) is 0 Å². The summed E-state index contributed by atoms with van der Waals surface area (Å²) < 4.78 is 5.95. The lowest BCUT2D eigenvalue weighted by atomic mass is 9.90. The number of fused-ring (bicyclic) bond motifs is 2. The summed E-state index contributed by atoms with van der Waals surface area (Å²) in [4.78, 5) is 11.0. The molecule has 1 aromatic rings. The van der Waals surface area contributed by atoms with Gasteiger partial charge in [-0.05, 0) is 43.4 Å². The van der Waals surface area contributed by atoms with Crippen molar-refractivity contribution in [2.75, 3.05) is 0 Å². The zero-order chi connectivity index (χ0) is 11.8. The molecule has 2 nitrogen and oxygen atoms in total. The first-order valence-electron chi connectivity index (χ1n) is 5.96. The van der Waals surface area contributed by atoms with Gasteiger partial charge < -0.3 is 4.74 Å². The van der Waals surface area contributed by atoms with Crippen LogP contribution < -0.4 is 4.74 Å². The van der Waals surface area contributed by atoms with Gasteiger partial charge in [0.25, 0.3) is 0 Å². The molecule has 17 heavy (non-hydrogen) atoms. The molecule has 3 rings (SSSR count). The maximum Gasteiger partial charge on any atom is 0.149 e. The first kappa shape index (κ1) is 10.3. The molecule has 0 amide bonds. The lowest BCUT2D eigenvalue weighted by Crippen LogP contribution is -2.14. The number of aldehydes is 1. The summed E-state index contributed by atoms with van der Waals surface area (Å²) in [5.74, 6) is 1.69. The van der Waals surface area contributed by atoms with Crippen molar-refractivity contribution in [2.24, 2.45) is 0 Å². The molecule has 2 aliphatic rings. The van der Waals surface area contributed by atoms with Crippen molar-refractivity contribution in [2.45, 2.75) is 26.2 Å². The second-order valence-corrected chi connectivity index (χ2v) is 4.59. The molecule has 1 aliphatic carbocycles. The lowest BCUT2D eigenvalue weighted by molar-refractivity contribution is -0.105. The summed E-state index contributed by atoms with van der Waals surface area (Å²) >= 11 is 0. The number of carbonyl (C=O) groups is 1. The Morgan fingerprint density at radius 2 is 2.18 bits per heavy atom. The Hall–Kier alpha value is -1.83. The molecule has 86 valence electrons. The van der Waals surface area contributed by atoms with Gasteiger partial charge in [0.1, 0.15) is 17.8 Å². The average Bonchev–Trinajstić information content (AvgIpc) is 2.36. The number of aryl methyl sites for hydroxylation is 1. The van der Waals surface area contributed by atoms with Gasteiger partial charge in [-0.3, -0.25) is 4.79 Å². The van der Waals surface area contributed by atoms with Crippen LogP contribution in [0.5, 0.6) is 5.75 Å². The number of allylic oxidation sites excluding steroid dienone is 2. The number of hydrogen-bond donors (Lipinski definition) is 0. The van der Waals surface area contributed by atoms with E-state index in [4.69, 9.17) is 4.74 Å². The number of para-hydroxylation sites is 1. The van der Waals surface area contributed by atoms with Crippen LogP contribution in [0.15, 0.2) is 35.1 Å². The van der Waals surface area contributed by atoms with Crippen molar-refractivity contribution in [1.82, 2.24) is 0 Å². The highest BCUT2D eigenvalue weighted by Crippen LogP contribution is 2.39. The molecule has 0 saturated heterocycles. The maximum absolute atomic E-state index is 11.0. The molecule has 0 radical (unpaired) electrons. The molecule has 0 atom stereocenters. The topological polar surface area (TPSA) is 26.3 Å². The summed E-state index contributed by atoms with van der Waals surface area (Å²) in [6.07, 6.45) is 5.96. The molecule has 1 aliphatic heterocycles. The number of ether oxygens (including phenoxy) is 1. The van der Waals surface area contributed by atoms with Crippen LogP contribution in [0.1, 0.15) is 30.4 Å². The maximum atomic E-state index is 11.0. The van der Waals surface area contributed by atoms with Gasteiger partial charge in [-0.1, -0.05) is 18.2 Å². The first-order chi connectivity index (χ1) is 8.29. The summed E-state index contributed by atoms with van der Waals surface area (Å²) in [5, 5.41) is 0. The average molecular weight is 226 g/mol. The van der Waals surface area contributed by atoms with Crippen LogP contribution in [0.4, 0.5) is 0 Å². The Kier molecular flexibility index (Phi) is 2.36. The quantitative estimate of drug-likeness (QED) is 0.686. The molecule has 2 heteroatoms. The minimum Gasteiger partial charge on any atom is -0.456 e. The number of rotatable bonds is 1. The van der Waals surface area contributed by atoms with Crippen LogP contribution in [0.3, 0.4) is 0 Å². The molecule has 0 unspecified atom stereocenters. The zero-order valence-electron chi connectivity index (χ0n) is 9.82. The zero-order valence-corrected chi connectivity index (χ0v) is 9.82. The van der Waals surface area contributed by atoms with Crippen molar-refractivity contribution in [3.05, 3.63) is 46.2 Å². The third-order valence-electron chi connectivity index (χ3n) is 3.39. The minimum atomic E-state index is 0.799. The van der Waals surface area contributed by atoms with Gasteiger partial charge in [-0.25, -0.2) is 0 Å². The molecule has 0 spiro atoms. The van der Waals surface area contributed by atoms with Crippen LogP contribution in [0.2, 0.25) is 0 Å². The van der Waals surface area contributed by atoms with Gasteiger partial charge >= 0.3 is 0 Å². The Bertz CT molecular complexity index is 550. The monoisotopic (exact) mass is 226 g/mol. The highest BCUT2D eigenvalue weighted by atomic mass is 16.5. The molecular weight excluding hydrogens is 212 g/mol. The van der Waals surface area contributed by atoms with Gasteiger partial charge in [0.05, 0.1) is 0 Å². The van der Waals surface area contributed by atoms with E-state index in [0.29, 0.717) is 0 Å². The Balaban J connectivity index is 2.19. The van der Waals surface area contributed by atoms with Gasteiger partial charge in [-0.2, -0.15) is 0 Å². The molecule has 0 N–H and O–H groups in total. The number of benzene rings is 1. The molecule has 0 fully saturated rings. The summed E-state index contributed by atoms with van der Waals surface area (Å²) in [6, 6.07) is 6.12. The van der Waals surface area contributed by atoms with Crippen LogP contribution in [0, 0.1) is 6.92 Å². The van der Waals surface area contributed by atoms with Crippen molar-refractivity contribution in [1.29, 1.82) is 0 Å². The summed E-state index contributed by atoms with van der Waals surface area (Å²) in [7, 11) is 0. The first-order valence-corrected chi connectivity index (χ1v) is 5.96. The van der Waals surface area contributed by atoms with E-state index in [2.05, 4.69) is 12.1 Å². The second kappa shape index (κ2) is 3.88. The number of carbonyl (C=O) groups excluding carboxylic acids is 1. The van der Waals surface area contributed by atoms with E-state index in [9.17, 15) is 4.79 Å². The van der Waals surface area contributed by atoms with Gasteiger partial charge in [0.15, 0.2) is 0 Å². The third-order valence-corrected chi connectivity index (χ3v) is 3.39. The van der Waals surface area contributed by atoms with Crippen molar-refractivity contribution in [3.63, 3.8) is 0 Å². The molecule has 0 aromatic heterocycles. The van der Waals surface area contributed by atoms with E-state index in [1.165, 1.54) is 0 Å². The molecule has 0 saturated carbocycles. The van der Waals surface area contributed by atoms with Gasteiger partial charge in [0.2, 0.25) is 0 Å². The molecule has 0 bridgehead atoms. The fourth-order valence-corrected chi connectivity index (χ4v) is 2.50. The van der Waals surface area contributed by atoms with Crippen LogP contribution in [-0.4, -0.2) is 6.29 Å². The Labute approximate surface area is 101 Å².